The van der Waals surface area contributed by atoms with E-state index < -0.39 is 18.4 Å². The number of carbonyl (C=O) groups excluding carboxylic acids is 2. The van der Waals surface area contributed by atoms with Gasteiger partial charge in [-0.05, 0) is 23.8 Å². The van der Waals surface area contributed by atoms with Crippen LogP contribution in [0.5, 0.6) is 0 Å². The third-order valence-electron chi connectivity index (χ3n) is 1.70. The van der Waals surface area contributed by atoms with Crippen molar-refractivity contribution in [2.45, 2.75) is 0 Å². The molecule has 0 heterocycles. The fourth-order valence-electron chi connectivity index (χ4n) is 0.964. The Hall–Kier alpha value is -2.17. The number of nitrogens with one attached hydrogen (secondary N) is 1. The predicted octanol–water partition coefficient (Wildman–Crippen LogP) is -0.295. The molecule has 5 heteroatoms. The number of hydrogen-bond acceptors (Lipinski definition) is 3. The highest BCUT2D eigenvalue weighted by molar-refractivity contribution is 5.93. The minimum absolute atomic E-state index is 0.362. The van der Waals surface area contributed by atoms with Crippen LogP contribution in [0.1, 0.15) is 5.56 Å². The van der Waals surface area contributed by atoms with Crippen LogP contribution in [0.4, 0.5) is 4.39 Å². The van der Waals surface area contributed by atoms with E-state index in [1.165, 1.54) is 30.3 Å². The second-order valence-electron chi connectivity index (χ2n) is 2.97. The quantitative estimate of drug-likeness (QED) is 0.711. The van der Waals surface area contributed by atoms with Crippen molar-refractivity contribution in [2.75, 3.05) is 6.54 Å². The molecule has 0 aliphatic carbocycles. The molecule has 4 nitrogen and oxygen atoms in total. The summed E-state index contributed by atoms with van der Waals surface area (Å²) in [6, 6.07) is 5.52. The third-order valence-corrected chi connectivity index (χ3v) is 1.70. The number of benzene rings is 1. The number of rotatable bonds is 4. The summed E-state index contributed by atoms with van der Waals surface area (Å²) in [5, 5.41) is 12.1. The third kappa shape index (κ3) is 4.36. The molecule has 0 fully saturated rings. The van der Waals surface area contributed by atoms with Crippen LogP contribution < -0.4 is 10.4 Å². The maximum absolute atomic E-state index is 12.5. The lowest BCUT2D eigenvalue weighted by molar-refractivity contribution is -0.303. The Kier molecular flexibility index (Phi) is 4.20. The summed E-state index contributed by atoms with van der Waals surface area (Å²) in [5.74, 6) is -2.27. The first-order valence-corrected chi connectivity index (χ1v) is 4.49. The summed E-state index contributed by atoms with van der Waals surface area (Å²) < 4.78 is 12.5. The van der Waals surface area contributed by atoms with E-state index >= 15 is 0 Å². The van der Waals surface area contributed by atoms with E-state index in [0.29, 0.717) is 5.56 Å². The van der Waals surface area contributed by atoms with Crippen molar-refractivity contribution < 1.29 is 19.1 Å². The van der Waals surface area contributed by atoms with Crippen LogP contribution in [0.2, 0.25) is 0 Å². The fourth-order valence-corrected chi connectivity index (χ4v) is 0.964. The van der Waals surface area contributed by atoms with Crippen LogP contribution in [0.3, 0.4) is 0 Å². The highest BCUT2D eigenvalue weighted by atomic mass is 19.1. The number of carbonyl (C=O) groups is 2. The Morgan fingerprint density at radius 3 is 2.50 bits per heavy atom. The normalized spacial score (nSPS) is 10.3. The highest BCUT2D eigenvalue weighted by Gasteiger charge is 1.94. The van der Waals surface area contributed by atoms with Gasteiger partial charge in [-0.25, -0.2) is 4.39 Å². The average Bonchev–Trinajstić information content (AvgIpc) is 2.25. The largest absolute Gasteiger partial charge is 0.548 e. The SMILES string of the molecule is O=C([O-])CNC(=O)C=Cc1ccc(F)cc1. The smallest absolute Gasteiger partial charge is 0.244 e. The maximum Gasteiger partial charge on any atom is 0.244 e. The zero-order chi connectivity index (χ0) is 12.0. The maximum atomic E-state index is 12.5. The lowest BCUT2D eigenvalue weighted by Crippen LogP contribution is -2.36. The summed E-state index contributed by atoms with van der Waals surface area (Å²) in [6.07, 6.45) is 2.61. The van der Waals surface area contributed by atoms with E-state index in [0.717, 1.165) is 6.08 Å². The topological polar surface area (TPSA) is 69.2 Å². The van der Waals surface area contributed by atoms with Gasteiger partial charge >= 0.3 is 0 Å². The Balaban J connectivity index is 2.50. The van der Waals surface area contributed by atoms with Gasteiger partial charge in [-0.3, -0.25) is 4.79 Å². The van der Waals surface area contributed by atoms with Crippen molar-refractivity contribution >= 4 is 18.0 Å². The molecule has 16 heavy (non-hydrogen) atoms. The van der Waals surface area contributed by atoms with Gasteiger partial charge in [0.1, 0.15) is 5.82 Å². The molecule has 1 amide bonds. The van der Waals surface area contributed by atoms with Crippen LogP contribution in [0.25, 0.3) is 6.08 Å². The van der Waals surface area contributed by atoms with Gasteiger partial charge in [0.05, 0.1) is 12.5 Å². The van der Waals surface area contributed by atoms with Gasteiger partial charge in [-0.15, -0.1) is 0 Å². The lowest BCUT2D eigenvalue weighted by Gasteiger charge is -2.01. The van der Waals surface area contributed by atoms with Gasteiger partial charge in [0.2, 0.25) is 5.91 Å². The molecule has 0 radical (unpaired) electrons. The number of carboxylic acids is 1. The van der Waals surface area contributed by atoms with E-state index in [2.05, 4.69) is 5.32 Å². The summed E-state index contributed by atoms with van der Waals surface area (Å²) in [4.78, 5) is 21.0. The molecule has 1 aromatic carbocycles. The molecule has 0 aliphatic heterocycles. The van der Waals surface area contributed by atoms with Gasteiger partial charge in [-0.2, -0.15) is 0 Å². The standard InChI is InChI=1S/C11H10FNO3/c12-9-4-1-8(2-5-9)3-6-10(14)13-7-11(15)16/h1-6H,7H2,(H,13,14)(H,15,16)/p-1. The van der Waals surface area contributed by atoms with Gasteiger partial charge in [0, 0.05) is 6.08 Å². The van der Waals surface area contributed by atoms with E-state index in [-0.39, 0.29) is 5.82 Å². The lowest BCUT2D eigenvalue weighted by atomic mass is 10.2. The van der Waals surface area contributed by atoms with Crippen molar-refractivity contribution in [3.63, 3.8) is 0 Å². The second-order valence-corrected chi connectivity index (χ2v) is 2.97. The monoisotopic (exact) mass is 222 g/mol. The molecule has 84 valence electrons. The van der Waals surface area contributed by atoms with Crippen LogP contribution >= 0.6 is 0 Å². The van der Waals surface area contributed by atoms with E-state index in [1.807, 2.05) is 0 Å². The molecule has 0 atom stereocenters. The van der Waals surface area contributed by atoms with Gasteiger partial charge in [-0.1, -0.05) is 12.1 Å². The number of halogens is 1. The van der Waals surface area contributed by atoms with Crippen molar-refractivity contribution in [2.24, 2.45) is 0 Å². The highest BCUT2D eigenvalue weighted by Crippen LogP contribution is 2.04. The Morgan fingerprint density at radius 2 is 1.94 bits per heavy atom. The molecule has 1 rings (SSSR count). The zero-order valence-corrected chi connectivity index (χ0v) is 8.27. The molecule has 1 N–H and O–H groups in total. The molecule has 0 aliphatic rings. The summed E-state index contributed by atoms with van der Waals surface area (Å²) >= 11 is 0. The molecule has 0 saturated heterocycles. The van der Waals surface area contributed by atoms with Crippen molar-refractivity contribution in [1.82, 2.24) is 5.32 Å². The molecule has 0 spiro atoms. The van der Waals surface area contributed by atoms with E-state index in [1.54, 1.807) is 0 Å². The molecule has 0 saturated carbocycles. The Bertz CT molecular complexity index is 412. The molecule has 1 aromatic rings. The van der Waals surface area contributed by atoms with Crippen molar-refractivity contribution in [3.05, 3.63) is 41.7 Å². The summed E-state index contributed by atoms with van der Waals surface area (Å²) in [5.41, 5.74) is 0.644. The minimum Gasteiger partial charge on any atom is -0.548 e. The molecule has 0 aromatic heterocycles. The first kappa shape index (κ1) is 11.9. The summed E-state index contributed by atoms with van der Waals surface area (Å²) in [6.45, 7) is -0.535. The van der Waals surface area contributed by atoms with Gasteiger partial charge in [0.25, 0.3) is 0 Å². The van der Waals surface area contributed by atoms with Crippen molar-refractivity contribution in [1.29, 1.82) is 0 Å². The Labute approximate surface area is 91.4 Å². The van der Waals surface area contributed by atoms with Crippen LogP contribution in [-0.2, 0) is 9.59 Å². The first-order chi connectivity index (χ1) is 7.58. The van der Waals surface area contributed by atoms with E-state index in [9.17, 15) is 19.1 Å². The van der Waals surface area contributed by atoms with Gasteiger partial charge < -0.3 is 15.2 Å². The van der Waals surface area contributed by atoms with Crippen LogP contribution in [-0.4, -0.2) is 18.4 Å². The predicted molar refractivity (Wildman–Crippen MR) is 53.5 cm³/mol. The van der Waals surface area contributed by atoms with Crippen LogP contribution in [0.15, 0.2) is 30.3 Å². The van der Waals surface area contributed by atoms with E-state index in [4.69, 9.17) is 0 Å². The number of carboxylic acid groups (broad SMARTS) is 1. The van der Waals surface area contributed by atoms with Crippen molar-refractivity contribution in [3.8, 4) is 0 Å². The molecule has 0 bridgehead atoms. The number of hydrogen-bond donors (Lipinski definition) is 1. The molecular weight excluding hydrogens is 213 g/mol. The van der Waals surface area contributed by atoms with Crippen LogP contribution in [0, 0.1) is 5.82 Å². The molecule has 0 unspecified atom stereocenters. The Morgan fingerprint density at radius 1 is 1.31 bits per heavy atom. The fraction of sp³-hybridized carbons (Fsp3) is 0.0909. The van der Waals surface area contributed by atoms with Gasteiger partial charge in [0.15, 0.2) is 0 Å². The second kappa shape index (κ2) is 5.65. The number of amides is 1. The minimum atomic E-state index is -1.36. The molecular formula is C11H9FNO3-. The number of aliphatic carboxylic acids is 1. The summed E-state index contributed by atoms with van der Waals surface area (Å²) in [7, 11) is 0. The first-order valence-electron chi connectivity index (χ1n) is 4.49. The zero-order valence-electron chi connectivity index (χ0n) is 8.27. The average molecular weight is 222 g/mol.